The summed E-state index contributed by atoms with van der Waals surface area (Å²) in [4.78, 5) is 13.2. The normalized spacial score (nSPS) is 16.9. The minimum absolute atomic E-state index is 0.0979. The van der Waals surface area contributed by atoms with Gasteiger partial charge in [-0.15, -0.1) is 0 Å². The number of anilines is 1. The van der Waals surface area contributed by atoms with Gasteiger partial charge >= 0.3 is 0 Å². The van der Waals surface area contributed by atoms with Crippen molar-refractivity contribution >= 4 is 21.4 Å². The zero-order chi connectivity index (χ0) is 14.8. The van der Waals surface area contributed by atoms with Gasteiger partial charge in [-0.2, -0.15) is 0 Å². The fourth-order valence-electron chi connectivity index (χ4n) is 2.23. The van der Waals surface area contributed by atoms with E-state index in [2.05, 4.69) is 5.32 Å². The summed E-state index contributed by atoms with van der Waals surface area (Å²) in [6, 6.07) is 7.67. The molecule has 1 heterocycles. The van der Waals surface area contributed by atoms with Gasteiger partial charge in [0, 0.05) is 37.5 Å². The Labute approximate surface area is 119 Å². The van der Waals surface area contributed by atoms with Crippen LogP contribution in [-0.2, 0) is 21.2 Å². The quantitative estimate of drug-likeness (QED) is 0.794. The molecule has 110 valence electrons. The number of sulfone groups is 1. The highest BCUT2D eigenvalue weighted by Gasteiger charge is 2.25. The molecule has 0 aromatic heterocycles. The van der Waals surface area contributed by atoms with Crippen LogP contribution in [0.4, 0.5) is 5.69 Å². The number of nitrogens with one attached hydrogen (secondary N) is 1. The molecule has 1 amide bonds. The molecule has 1 unspecified atom stereocenters. The minimum Gasteiger partial charge on any atom is -0.312 e. The number of amides is 1. The van der Waals surface area contributed by atoms with E-state index in [1.165, 1.54) is 6.26 Å². The first kappa shape index (κ1) is 15.0. The summed E-state index contributed by atoms with van der Waals surface area (Å²) >= 11 is 0. The summed E-state index contributed by atoms with van der Waals surface area (Å²) in [5.74, 6) is 0.276. The maximum atomic E-state index is 11.4. The summed E-state index contributed by atoms with van der Waals surface area (Å²) in [6.07, 6.45) is 1.86. The van der Waals surface area contributed by atoms with Gasteiger partial charge in [-0.3, -0.25) is 4.79 Å². The second kappa shape index (κ2) is 5.93. The van der Waals surface area contributed by atoms with Crippen LogP contribution in [0.1, 0.15) is 18.9 Å². The van der Waals surface area contributed by atoms with Crippen LogP contribution < -0.4 is 10.2 Å². The van der Waals surface area contributed by atoms with E-state index in [1.54, 1.807) is 4.90 Å². The molecule has 1 fully saturated rings. The van der Waals surface area contributed by atoms with Crippen molar-refractivity contribution in [1.29, 1.82) is 0 Å². The van der Waals surface area contributed by atoms with Gasteiger partial charge in [-0.1, -0.05) is 12.1 Å². The topological polar surface area (TPSA) is 66.5 Å². The van der Waals surface area contributed by atoms with E-state index < -0.39 is 9.84 Å². The zero-order valence-electron chi connectivity index (χ0n) is 11.8. The highest BCUT2D eigenvalue weighted by atomic mass is 32.2. The smallest absolute Gasteiger partial charge is 0.228 e. The molecule has 20 heavy (non-hydrogen) atoms. The largest absolute Gasteiger partial charge is 0.312 e. The van der Waals surface area contributed by atoms with Crippen LogP contribution in [0.3, 0.4) is 0 Å². The number of carbonyl (C=O) groups is 1. The molecule has 0 radical (unpaired) electrons. The number of hydrogen-bond acceptors (Lipinski definition) is 4. The molecule has 1 N–H and O–H groups in total. The number of β-lactam (4-membered cyclic amide) rings is 1. The molecule has 1 aromatic rings. The first-order valence-electron chi connectivity index (χ1n) is 6.65. The molecular weight excluding hydrogens is 276 g/mol. The average Bonchev–Trinajstić information content (AvgIpc) is 2.33. The summed E-state index contributed by atoms with van der Waals surface area (Å²) in [6.45, 7) is 3.22. The minimum atomic E-state index is -2.97. The van der Waals surface area contributed by atoms with Crippen LogP contribution in [0, 0.1) is 0 Å². The highest BCUT2D eigenvalue weighted by Crippen LogP contribution is 2.22. The molecule has 6 heteroatoms. The summed E-state index contributed by atoms with van der Waals surface area (Å²) in [5.41, 5.74) is 1.96. The Kier molecular flexibility index (Phi) is 4.45. The van der Waals surface area contributed by atoms with Crippen molar-refractivity contribution in [2.24, 2.45) is 0 Å². The predicted molar refractivity (Wildman–Crippen MR) is 79.4 cm³/mol. The van der Waals surface area contributed by atoms with Gasteiger partial charge in [0.15, 0.2) is 0 Å². The van der Waals surface area contributed by atoms with Gasteiger partial charge in [-0.05, 0) is 24.6 Å². The molecule has 1 saturated heterocycles. The number of benzene rings is 1. The summed E-state index contributed by atoms with van der Waals surface area (Å²) in [5, 5.41) is 3.19. The molecule has 0 spiro atoms. The van der Waals surface area contributed by atoms with E-state index >= 15 is 0 Å². The first-order chi connectivity index (χ1) is 9.35. The van der Waals surface area contributed by atoms with Crippen LogP contribution >= 0.6 is 0 Å². The lowest BCUT2D eigenvalue weighted by Crippen LogP contribution is -2.43. The number of carbonyl (C=O) groups excluding carboxylic acids is 1. The molecule has 1 aromatic carbocycles. The van der Waals surface area contributed by atoms with Gasteiger partial charge in [0.1, 0.15) is 9.84 Å². The third kappa shape index (κ3) is 4.05. The van der Waals surface area contributed by atoms with E-state index in [4.69, 9.17) is 0 Å². The maximum absolute atomic E-state index is 11.4. The lowest BCUT2D eigenvalue weighted by Gasteiger charge is -2.31. The molecule has 1 aliphatic heterocycles. The molecular formula is C14H20N2O3S. The standard InChI is InChI=1S/C14H20N2O3S/c1-11(10-20(2,18)19)15-9-12-4-3-5-13(8-12)16-7-6-14(16)17/h3-5,8,11,15H,6-7,9-10H2,1-2H3. The number of nitrogens with zero attached hydrogens (tertiary/aromatic N) is 1. The maximum Gasteiger partial charge on any atom is 0.228 e. The molecule has 1 atom stereocenters. The molecule has 1 aliphatic rings. The third-order valence-electron chi connectivity index (χ3n) is 3.28. The van der Waals surface area contributed by atoms with Gasteiger partial charge in [0.2, 0.25) is 5.91 Å². The Hall–Kier alpha value is -1.40. The van der Waals surface area contributed by atoms with Crippen LogP contribution in [0.5, 0.6) is 0 Å². The van der Waals surface area contributed by atoms with Gasteiger partial charge < -0.3 is 10.2 Å². The Bertz CT molecular complexity index is 598. The van der Waals surface area contributed by atoms with Crippen LogP contribution in [0.15, 0.2) is 24.3 Å². The Morgan fingerprint density at radius 3 is 2.70 bits per heavy atom. The van der Waals surface area contributed by atoms with Crippen molar-refractivity contribution in [3.8, 4) is 0 Å². The third-order valence-corrected chi connectivity index (χ3v) is 4.39. The lowest BCUT2D eigenvalue weighted by molar-refractivity contribution is -0.122. The van der Waals surface area contributed by atoms with Crippen LogP contribution in [0.25, 0.3) is 0 Å². The Morgan fingerprint density at radius 1 is 1.40 bits per heavy atom. The van der Waals surface area contributed by atoms with E-state index in [9.17, 15) is 13.2 Å². The molecule has 0 aliphatic carbocycles. The van der Waals surface area contributed by atoms with E-state index in [-0.39, 0.29) is 17.7 Å². The number of hydrogen-bond donors (Lipinski definition) is 1. The van der Waals surface area contributed by atoms with Gasteiger partial charge in [0.05, 0.1) is 5.75 Å². The first-order valence-corrected chi connectivity index (χ1v) is 8.71. The lowest BCUT2D eigenvalue weighted by atomic mass is 10.1. The second-order valence-electron chi connectivity index (χ2n) is 5.34. The van der Waals surface area contributed by atoms with Crippen molar-refractivity contribution in [2.45, 2.75) is 25.9 Å². The van der Waals surface area contributed by atoms with Gasteiger partial charge in [-0.25, -0.2) is 8.42 Å². The van der Waals surface area contributed by atoms with Crippen molar-refractivity contribution in [1.82, 2.24) is 5.32 Å². The SMILES string of the molecule is CC(CS(C)(=O)=O)NCc1cccc(N2CCC2=O)c1. The monoisotopic (exact) mass is 296 g/mol. The molecule has 2 rings (SSSR count). The van der Waals surface area contributed by atoms with Crippen LogP contribution in [0.2, 0.25) is 0 Å². The van der Waals surface area contributed by atoms with Crippen molar-refractivity contribution in [2.75, 3.05) is 23.5 Å². The van der Waals surface area contributed by atoms with Crippen LogP contribution in [-0.4, -0.2) is 38.9 Å². The van der Waals surface area contributed by atoms with E-state index in [0.717, 1.165) is 17.8 Å². The fourth-order valence-corrected chi connectivity index (χ4v) is 3.25. The van der Waals surface area contributed by atoms with E-state index in [1.807, 2.05) is 31.2 Å². The Morgan fingerprint density at radius 2 is 2.15 bits per heavy atom. The van der Waals surface area contributed by atoms with Crippen molar-refractivity contribution in [3.05, 3.63) is 29.8 Å². The molecule has 0 bridgehead atoms. The molecule has 0 saturated carbocycles. The van der Waals surface area contributed by atoms with E-state index in [0.29, 0.717) is 13.0 Å². The Balaban J connectivity index is 1.93. The van der Waals surface area contributed by atoms with Crippen molar-refractivity contribution in [3.63, 3.8) is 0 Å². The highest BCUT2D eigenvalue weighted by molar-refractivity contribution is 7.90. The predicted octanol–water partition coefficient (Wildman–Crippen LogP) is 0.946. The summed E-state index contributed by atoms with van der Waals surface area (Å²) < 4.78 is 22.4. The van der Waals surface area contributed by atoms with Gasteiger partial charge in [0.25, 0.3) is 0 Å². The zero-order valence-corrected chi connectivity index (χ0v) is 12.6. The molecule has 5 nitrogen and oxygen atoms in total. The average molecular weight is 296 g/mol. The fraction of sp³-hybridized carbons (Fsp3) is 0.500. The second-order valence-corrected chi connectivity index (χ2v) is 7.52. The van der Waals surface area contributed by atoms with Crippen molar-refractivity contribution < 1.29 is 13.2 Å². The number of rotatable bonds is 6. The summed E-state index contributed by atoms with van der Waals surface area (Å²) in [7, 11) is -2.97.